The quantitative estimate of drug-likeness (QED) is 0.782. The van der Waals surface area contributed by atoms with Gasteiger partial charge >= 0.3 is 10.3 Å². The van der Waals surface area contributed by atoms with Crippen LogP contribution in [0.25, 0.3) is 0 Å². The first-order valence-electron chi connectivity index (χ1n) is 8.17. The molecule has 0 radical (unpaired) electrons. The highest BCUT2D eigenvalue weighted by molar-refractivity contribution is 7.85. The molecule has 1 amide bonds. The van der Waals surface area contributed by atoms with E-state index in [1.165, 1.54) is 0 Å². The Bertz CT molecular complexity index is 919. The molecule has 26 heavy (non-hydrogen) atoms. The Morgan fingerprint density at radius 2 is 1.46 bits per heavy atom. The Balaban J connectivity index is 2.16. The molecular formula is C19H24N2O4S. The zero-order chi connectivity index (χ0) is 19.6. The van der Waals surface area contributed by atoms with Crippen LogP contribution in [-0.4, -0.2) is 14.3 Å². The topological polar surface area (TPSA) is 98.5 Å². The molecule has 140 valence electrons. The van der Waals surface area contributed by atoms with Crippen molar-refractivity contribution in [2.75, 3.05) is 5.73 Å². The average molecular weight is 376 g/mol. The van der Waals surface area contributed by atoms with Crippen LogP contribution in [0, 0.1) is 34.6 Å². The molecule has 0 saturated carbocycles. The van der Waals surface area contributed by atoms with Crippen molar-refractivity contribution in [1.82, 2.24) is 4.72 Å². The first-order valence-corrected chi connectivity index (χ1v) is 9.58. The molecule has 7 heteroatoms. The van der Waals surface area contributed by atoms with Gasteiger partial charge in [-0.1, -0.05) is 17.7 Å². The molecule has 0 aliphatic carbocycles. The van der Waals surface area contributed by atoms with Crippen molar-refractivity contribution in [3.63, 3.8) is 0 Å². The number of carbonyl (C=O) groups is 1. The van der Waals surface area contributed by atoms with Crippen LogP contribution in [0.1, 0.15) is 33.4 Å². The van der Waals surface area contributed by atoms with E-state index in [-0.39, 0.29) is 12.2 Å². The molecule has 0 saturated heterocycles. The van der Waals surface area contributed by atoms with Crippen LogP contribution >= 0.6 is 0 Å². The lowest BCUT2D eigenvalue weighted by Gasteiger charge is -2.14. The molecule has 2 rings (SSSR count). The van der Waals surface area contributed by atoms with Crippen LogP contribution in [0.5, 0.6) is 5.75 Å². The SMILES string of the molecule is Cc1cc(C)c(CC(=O)NS(=O)(=O)Oc2c(C)cc(N)cc2C)c(C)c1. The van der Waals surface area contributed by atoms with Gasteiger partial charge in [0.05, 0.1) is 6.42 Å². The van der Waals surface area contributed by atoms with E-state index in [0.717, 1.165) is 22.3 Å². The molecule has 2 aromatic carbocycles. The maximum atomic E-state index is 12.2. The molecule has 0 bridgehead atoms. The molecule has 0 fully saturated rings. The molecule has 0 spiro atoms. The fraction of sp³-hybridized carbons (Fsp3) is 0.316. The van der Waals surface area contributed by atoms with Crippen LogP contribution in [0.4, 0.5) is 5.69 Å². The van der Waals surface area contributed by atoms with Crippen molar-refractivity contribution in [2.24, 2.45) is 0 Å². The van der Waals surface area contributed by atoms with Gasteiger partial charge in [-0.15, -0.1) is 0 Å². The zero-order valence-corrected chi connectivity index (χ0v) is 16.5. The number of anilines is 1. The first-order chi connectivity index (χ1) is 12.0. The van der Waals surface area contributed by atoms with Gasteiger partial charge in [-0.05, 0) is 74.6 Å². The molecule has 6 nitrogen and oxygen atoms in total. The lowest BCUT2D eigenvalue weighted by atomic mass is 9.97. The van der Waals surface area contributed by atoms with E-state index in [1.54, 1.807) is 26.0 Å². The summed E-state index contributed by atoms with van der Waals surface area (Å²) in [6.45, 7) is 9.15. The van der Waals surface area contributed by atoms with Crippen molar-refractivity contribution in [3.05, 3.63) is 57.6 Å². The summed E-state index contributed by atoms with van der Waals surface area (Å²) in [7, 11) is -4.29. The lowest BCUT2D eigenvalue weighted by molar-refractivity contribution is -0.118. The number of aryl methyl sites for hydroxylation is 5. The van der Waals surface area contributed by atoms with E-state index in [1.807, 2.05) is 37.6 Å². The second-order valence-electron chi connectivity index (χ2n) is 6.60. The number of rotatable bonds is 5. The highest BCUT2D eigenvalue weighted by Crippen LogP contribution is 2.27. The van der Waals surface area contributed by atoms with Crippen molar-refractivity contribution in [1.29, 1.82) is 0 Å². The van der Waals surface area contributed by atoms with Crippen LogP contribution < -0.4 is 14.6 Å². The summed E-state index contributed by atoms with van der Waals surface area (Å²) in [5.74, 6) is -0.479. The van der Waals surface area contributed by atoms with Gasteiger partial charge in [-0.25, -0.2) is 4.72 Å². The number of carbonyl (C=O) groups excluding carboxylic acids is 1. The Morgan fingerprint density at radius 1 is 0.962 bits per heavy atom. The number of hydrogen-bond donors (Lipinski definition) is 2. The summed E-state index contributed by atoms with van der Waals surface area (Å²) in [4.78, 5) is 12.2. The number of hydrogen-bond acceptors (Lipinski definition) is 5. The fourth-order valence-electron chi connectivity index (χ4n) is 3.07. The number of nitrogens with two attached hydrogens (primary N) is 1. The van der Waals surface area contributed by atoms with E-state index in [0.29, 0.717) is 16.8 Å². The van der Waals surface area contributed by atoms with Gasteiger partial charge in [0.2, 0.25) is 5.91 Å². The third kappa shape index (κ3) is 4.76. The minimum Gasteiger partial charge on any atom is -0.399 e. The Labute approximate surface area is 154 Å². The maximum Gasteiger partial charge on any atom is 0.409 e. The average Bonchev–Trinajstić information content (AvgIpc) is 2.46. The van der Waals surface area contributed by atoms with Gasteiger partial charge in [0.25, 0.3) is 0 Å². The van der Waals surface area contributed by atoms with Crippen LogP contribution in [-0.2, 0) is 21.5 Å². The smallest absolute Gasteiger partial charge is 0.399 e. The van der Waals surface area contributed by atoms with Gasteiger partial charge in [0, 0.05) is 5.69 Å². The molecule has 0 aromatic heterocycles. The Kier molecular flexibility index (Phi) is 5.61. The second kappa shape index (κ2) is 7.37. The molecule has 0 aliphatic heterocycles. The molecular weight excluding hydrogens is 352 g/mol. The summed E-state index contributed by atoms with van der Waals surface area (Å²) in [6, 6.07) is 7.14. The van der Waals surface area contributed by atoms with Crippen LogP contribution in [0.3, 0.4) is 0 Å². The minimum atomic E-state index is -4.29. The third-order valence-electron chi connectivity index (χ3n) is 4.09. The zero-order valence-electron chi connectivity index (χ0n) is 15.6. The number of nitrogens with one attached hydrogen (secondary N) is 1. The van der Waals surface area contributed by atoms with Crippen molar-refractivity contribution >= 4 is 21.9 Å². The fourth-order valence-corrected chi connectivity index (χ4v) is 3.95. The van der Waals surface area contributed by atoms with E-state index in [9.17, 15) is 13.2 Å². The van der Waals surface area contributed by atoms with E-state index in [2.05, 4.69) is 0 Å². The highest BCUT2D eigenvalue weighted by atomic mass is 32.2. The number of nitrogen functional groups attached to an aromatic ring is 1. The molecule has 0 unspecified atom stereocenters. The summed E-state index contributed by atoms with van der Waals surface area (Å²) < 4.78 is 31.5. The summed E-state index contributed by atoms with van der Waals surface area (Å²) >= 11 is 0. The Hall–Kier alpha value is -2.54. The van der Waals surface area contributed by atoms with Crippen LogP contribution in [0.15, 0.2) is 24.3 Å². The number of amides is 1. The van der Waals surface area contributed by atoms with Crippen molar-refractivity contribution in [2.45, 2.75) is 41.0 Å². The summed E-state index contributed by atoms with van der Waals surface area (Å²) in [5, 5.41) is 0. The lowest BCUT2D eigenvalue weighted by Crippen LogP contribution is -2.35. The molecule has 0 heterocycles. The van der Waals surface area contributed by atoms with Gasteiger partial charge in [0.1, 0.15) is 5.75 Å². The second-order valence-corrected chi connectivity index (χ2v) is 7.88. The van der Waals surface area contributed by atoms with E-state index in [4.69, 9.17) is 9.92 Å². The Morgan fingerprint density at radius 3 is 1.96 bits per heavy atom. The van der Waals surface area contributed by atoms with Gasteiger partial charge in [-0.3, -0.25) is 4.79 Å². The molecule has 0 atom stereocenters. The van der Waals surface area contributed by atoms with Crippen molar-refractivity contribution < 1.29 is 17.4 Å². The molecule has 2 aromatic rings. The minimum absolute atomic E-state index is 0.0414. The largest absolute Gasteiger partial charge is 0.409 e. The molecule has 3 N–H and O–H groups in total. The standard InChI is InChI=1S/C19H24N2O4S/c1-11-6-12(2)17(13(3)7-11)10-18(22)21-26(23,24)25-19-14(4)8-16(20)9-15(19)5/h6-9H,10,20H2,1-5H3,(H,21,22). The maximum absolute atomic E-state index is 12.2. The van der Waals surface area contributed by atoms with Gasteiger partial charge in [0.15, 0.2) is 0 Å². The van der Waals surface area contributed by atoms with Crippen molar-refractivity contribution in [3.8, 4) is 5.75 Å². The predicted molar refractivity (Wildman–Crippen MR) is 102 cm³/mol. The predicted octanol–water partition coefficient (Wildman–Crippen LogP) is 2.79. The normalized spacial score (nSPS) is 11.3. The summed E-state index contributed by atoms with van der Waals surface area (Å²) in [6.07, 6.45) is -0.0414. The van der Waals surface area contributed by atoms with Gasteiger partial charge in [-0.2, -0.15) is 8.42 Å². The van der Waals surface area contributed by atoms with Gasteiger partial charge < -0.3 is 9.92 Å². The van der Waals surface area contributed by atoms with Crippen LogP contribution in [0.2, 0.25) is 0 Å². The monoisotopic (exact) mass is 376 g/mol. The third-order valence-corrected chi connectivity index (χ3v) is 4.96. The van der Waals surface area contributed by atoms with E-state index < -0.39 is 16.2 Å². The molecule has 0 aliphatic rings. The highest BCUT2D eigenvalue weighted by Gasteiger charge is 2.20. The summed E-state index contributed by atoms with van der Waals surface area (Å²) in [5.41, 5.74) is 11.2. The number of benzene rings is 2. The first kappa shape index (κ1) is 19.8. The van der Waals surface area contributed by atoms with E-state index >= 15 is 0 Å².